The molecule has 0 fully saturated rings. The number of hydrogen-bond acceptors (Lipinski definition) is 5. The fraction of sp³-hybridized carbons (Fsp3) is 0.316. The van der Waals surface area contributed by atoms with Gasteiger partial charge in [-0.1, -0.05) is 18.2 Å². The van der Waals surface area contributed by atoms with Gasteiger partial charge in [-0.2, -0.15) is 0 Å². The van der Waals surface area contributed by atoms with Gasteiger partial charge in [0, 0.05) is 24.1 Å². The number of ether oxygens (including phenoxy) is 3. The Hall–Kier alpha value is -2.34. The van der Waals surface area contributed by atoms with Crippen molar-refractivity contribution in [1.82, 2.24) is 4.90 Å². The topological polar surface area (TPSA) is 48.0 Å². The number of benzene rings is 2. The molecule has 134 valence electrons. The molecule has 0 unspecified atom stereocenters. The molecule has 2 aromatic rings. The smallest absolute Gasteiger partial charge is 0.232 e. The lowest BCUT2D eigenvalue weighted by atomic mass is 10.2. The summed E-state index contributed by atoms with van der Waals surface area (Å²) in [5.74, 6) is 2.51. The summed E-state index contributed by atoms with van der Waals surface area (Å²) >= 11 is 1.47. The molecule has 0 aromatic heterocycles. The van der Waals surface area contributed by atoms with Crippen molar-refractivity contribution >= 4 is 17.7 Å². The number of amides is 1. The van der Waals surface area contributed by atoms with Crippen LogP contribution in [0.15, 0.2) is 47.4 Å². The lowest BCUT2D eigenvalue weighted by Gasteiger charge is -2.19. The van der Waals surface area contributed by atoms with Crippen LogP contribution in [-0.2, 0) is 11.3 Å². The van der Waals surface area contributed by atoms with Crippen LogP contribution in [0.3, 0.4) is 0 Å². The van der Waals surface area contributed by atoms with Crippen molar-refractivity contribution in [1.29, 1.82) is 0 Å². The Morgan fingerprint density at radius 3 is 2.32 bits per heavy atom. The van der Waals surface area contributed by atoms with Crippen LogP contribution in [0.2, 0.25) is 0 Å². The average molecular weight is 361 g/mol. The van der Waals surface area contributed by atoms with Gasteiger partial charge in [0.05, 0.1) is 27.1 Å². The number of rotatable bonds is 8. The van der Waals surface area contributed by atoms with Crippen molar-refractivity contribution in [3.63, 3.8) is 0 Å². The summed E-state index contributed by atoms with van der Waals surface area (Å²) in [6, 6.07) is 13.3. The summed E-state index contributed by atoms with van der Waals surface area (Å²) in [6.07, 6.45) is 0. The van der Waals surface area contributed by atoms with Crippen molar-refractivity contribution in [3.05, 3.63) is 48.0 Å². The van der Waals surface area contributed by atoms with Crippen molar-refractivity contribution in [2.24, 2.45) is 0 Å². The number of thioether (sulfide) groups is 1. The number of carbonyl (C=O) groups is 1. The minimum absolute atomic E-state index is 0.0469. The molecule has 0 heterocycles. The fourth-order valence-corrected chi connectivity index (χ4v) is 3.20. The second-order valence-corrected chi connectivity index (χ2v) is 6.42. The summed E-state index contributed by atoms with van der Waals surface area (Å²) in [6.45, 7) is 0.509. The van der Waals surface area contributed by atoms with E-state index in [0.29, 0.717) is 23.8 Å². The van der Waals surface area contributed by atoms with E-state index in [0.717, 1.165) is 16.2 Å². The summed E-state index contributed by atoms with van der Waals surface area (Å²) < 4.78 is 15.8. The molecular formula is C19H23NO4S. The van der Waals surface area contributed by atoms with E-state index in [1.54, 1.807) is 33.3 Å². The van der Waals surface area contributed by atoms with Gasteiger partial charge < -0.3 is 19.1 Å². The Morgan fingerprint density at radius 2 is 1.64 bits per heavy atom. The van der Waals surface area contributed by atoms with Crippen LogP contribution >= 0.6 is 11.8 Å². The Bertz CT molecular complexity index is 720. The lowest BCUT2D eigenvalue weighted by Crippen LogP contribution is -2.27. The highest BCUT2D eigenvalue weighted by Gasteiger charge is 2.13. The zero-order chi connectivity index (χ0) is 18.2. The molecule has 5 nitrogen and oxygen atoms in total. The molecule has 0 N–H and O–H groups in total. The summed E-state index contributed by atoms with van der Waals surface area (Å²) in [5, 5.41) is 0. The molecule has 1 amide bonds. The minimum Gasteiger partial charge on any atom is -0.496 e. The molecule has 0 radical (unpaired) electrons. The lowest BCUT2D eigenvalue weighted by molar-refractivity contribution is -0.127. The van der Waals surface area contributed by atoms with Crippen LogP contribution in [-0.4, -0.2) is 44.9 Å². The van der Waals surface area contributed by atoms with Gasteiger partial charge in [0.1, 0.15) is 5.75 Å². The first-order chi connectivity index (χ1) is 12.1. The largest absolute Gasteiger partial charge is 0.496 e. The first kappa shape index (κ1) is 19.0. The van der Waals surface area contributed by atoms with Gasteiger partial charge in [0.2, 0.25) is 5.91 Å². The molecule has 0 aliphatic rings. The number of methoxy groups -OCH3 is 3. The maximum atomic E-state index is 12.4. The predicted octanol–water partition coefficient (Wildman–Crippen LogP) is 3.46. The van der Waals surface area contributed by atoms with Gasteiger partial charge in [0.15, 0.2) is 11.5 Å². The van der Waals surface area contributed by atoms with Gasteiger partial charge >= 0.3 is 0 Å². The van der Waals surface area contributed by atoms with Crippen molar-refractivity contribution in [2.75, 3.05) is 34.1 Å². The van der Waals surface area contributed by atoms with E-state index in [-0.39, 0.29) is 5.91 Å². The molecule has 0 spiro atoms. The van der Waals surface area contributed by atoms with Crippen LogP contribution in [0, 0.1) is 0 Å². The molecule has 2 aromatic carbocycles. The van der Waals surface area contributed by atoms with Gasteiger partial charge in [-0.05, 0) is 24.3 Å². The summed E-state index contributed by atoms with van der Waals surface area (Å²) in [5.41, 5.74) is 0.983. The van der Waals surface area contributed by atoms with Gasteiger partial charge in [0.25, 0.3) is 0 Å². The Morgan fingerprint density at radius 1 is 0.960 bits per heavy atom. The van der Waals surface area contributed by atoms with Gasteiger partial charge in [-0.25, -0.2) is 0 Å². The first-order valence-corrected chi connectivity index (χ1v) is 8.78. The van der Waals surface area contributed by atoms with E-state index in [1.807, 2.05) is 42.5 Å². The van der Waals surface area contributed by atoms with Crippen LogP contribution in [0.25, 0.3) is 0 Å². The molecule has 0 saturated carbocycles. The zero-order valence-corrected chi connectivity index (χ0v) is 15.8. The SMILES string of the molecule is COc1ccccc1CN(C)C(=O)CSc1ccc(OC)c(OC)c1. The molecule has 0 bridgehead atoms. The average Bonchev–Trinajstić information content (AvgIpc) is 2.66. The highest BCUT2D eigenvalue weighted by Crippen LogP contribution is 2.32. The molecule has 0 saturated heterocycles. The quantitative estimate of drug-likeness (QED) is 0.674. The molecule has 0 aliphatic carbocycles. The second kappa shape index (κ2) is 9.22. The van der Waals surface area contributed by atoms with Crippen LogP contribution in [0.5, 0.6) is 17.2 Å². The molecular weight excluding hydrogens is 338 g/mol. The van der Waals surface area contributed by atoms with E-state index < -0.39 is 0 Å². The van der Waals surface area contributed by atoms with Crippen molar-refractivity contribution in [3.8, 4) is 17.2 Å². The molecule has 25 heavy (non-hydrogen) atoms. The molecule has 0 aliphatic heterocycles. The fourth-order valence-electron chi connectivity index (χ4n) is 2.34. The van der Waals surface area contributed by atoms with Crippen LogP contribution in [0.4, 0.5) is 0 Å². The van der Waals surface area contributed by atoms with E-state index in [4.69, 9.17) is 14.2 Å². The Balaban J connectivity index is 1.95. The summed E-state index contributed by atoms with van der Waals surface area (Å²) in [7, 11) is 6.62. The Labute approximate surface area is 152 Å². The molecule has 0 atom stereocenters. The highest BCUT2D eigenvalue weighted by atomic mass is 32.2. The maximum absolute atomic E-state index is 12.4. The van der Waals surface area contributed by atoms with E-state index in [9.17, 15) is 4.79 Å². The van der Waals surface area contributed by atoms with Crippen LogP contribution in [0.1, 0.15) is 5.56 Å². The maximum Gasteiger partial charge on any atom is 0.232 e. The first-order valence-electron chi connectivity index (χ1n) is 7.79. The summed E-state index contributed by atoms with van der Waals surface area (Å²) in [4.78, 5) is 15.1. The third-order valence-corrected chi connectivity index (χ3v) is 4.72. The number of para-hydroxylation sites is 1. The van der Waals surface area contributed by atoms with Crippen LogP contribution < -0.4 is 14.2 Å². The third kappa shape index (κ3) is 5.06. The number of hydrogen-bond donors (Lipinski definition) is 0. The predicted molar refractivity (Wildman–Crippen MR) is 99.7 cm³/mol. The monoisotopic (exact) mass is 361 g/mol. The third-order valence-electron chi connectivity index (χ3n) is 3.74. The van der Waals surface area contributed by atoms with Gasteiger partial charge in [-0.15, -0.1) is 11.8 Å². The van der Waals surface area contributed by atoms with E-state index >= 15 is 0 Å². The Kier molecular flexibility index (Phi) is 7.01. The normalized spacial score (nSPS) is 10.2. The number of carbonyl (C=O) groups excluding carboxylic acids is 1. The zero-order valence-electron chi connectivity index (χ0n) is 14.9. The minimum atomic E-state index is 0.0469. The highest BCUT2D eigenvalue weighted by molar-refractivity contribution is 8.00. The van der Waals surface area contributed by atoms with Crippen molar-refractivity contribution in [2.45, 2.75) is 11.4 Å². The molecule has 6 heteroatoms. The van der Waals surface area contributed by atoms with E-state index in [1.165, 1.54) is 11.8 Å². The van der Waals surface area contributed by atoms with Gasteiger partial charge in [-0.3, -0.25) is 4.79 Å². The molecule has 2 rings (SSSR count). The second-order valence-electron chi connectivity index (χ2n) is 5.37. The standard InChI is InChI=1S/C19H23NO4S/c1-20(12-14-7-5-6-8-16(14)22-2)19(21)13-25-15-9-10-17(23-3)18(11-15)24-4/h5-11H,12-13H2,1-4H3. The van der Waals surface area contributed by atoms with E-state index in [2.05, 4.69) is 0 Å². The number of nitrogens with zero attached hydrogens (tertiary/aromatic N) is 1. The van der Waals surface area contributed by atoms with Crippen molar-refractivity contribution < 1.29 is 19.0 Å².